The van der Waals surface area contributed by atoms with Gasteiger partial charge in [0, 0.05) is 17.6 Å². The molecule has 0 saturated carbocycles. The van der Waals surface area contributed by atoms with E-state index in [9.17, 15) is 0 Å². The van der Waals surface area contributed by atoms with Crippen molar-refractivity contribution in [3.8, 4) is 17.0 Å². The number of imidazole rings is 1. The van der Waals surface area contributed by atoms with Gasteiger partial charge in [0.15, 0.2) is 0 Å². The fraction of sp³-hybridized carbons (Fsp3) is 0.182. The SMILES string of the molecule is COc1c(Cl)cc(Cl)cc1-c1ncn(C)c1Br. The maximum atomic E-state index is 6.08. The number of ether oxygens (including phenoxy) is 1. The van der Waals surface area contributed by atoms with Crippen LogP contribution in [0, 0.1) is 0 Å². The Labute approximate surface area is 117 Å². The number of aryl methyl sites for hydroxylation is 1. The molecular weight excluding hydrogens is 327 g/mol. The molecule has 0 bridgehead atoms. The molecule has 0 spiro atoms. The summed E-state index contributed by atoms with van der Waals surface area (Å²) >= 11 is 15.5. The van der Waals surface area contributed by atoms with Crippen molar-refractivity contribution in [3.63, 3.8) is 0 Å². The van der Waals surface area contributed by atoms with Crippen LogP contribution in [-0.2, 0) is 7.05 Å². The Kier molecular flexibility index (Phi) is 3.66. The van der Waals surface area contributed by atoms with E-state index in [0.29, 0.717) is 15.8 Å². The fourth-order valence-corrected chi connectivity index (χ4v) is 2.52. The molecule has 0 atom stereocenters. The van der Waals surface area contributed by atoms with Crippen LogP contribution in [0.2, 0.25) is 10.0 Å². The largest absolute Gasteiger partial charge is 0.494 e. The van der Waals surface area contributed by atoms with Crippen molar-refractivity contribution in [1.29, 1.82) is 0 Å². The van der Waals surface area contributed by atoms with Crippen LogP contribution >= 0.6 is 39.1 Å². The summed E-state index contributed by atoms with van der Waals surface area (Å²) in [6, 6.07) is 3.42. The average molecular weight is 336 g/mol. The zero-order valence-electron chi connectivity index (χ0n) is 9.17. The van der Waals surface area contributed by atoms with Gasteiger partial charge in [-0.25, -0.2) is 4.98 Å². The second kappa shape index (κ2) is 4.88. The van der Waals surface area contributed by atoms with Gasteiger partial charge in [-0.3, -0.25) is 0 Å². The van der Waals surface area contributed by atoms with Gasteiger partial charge < -0.3 is 9.30 Å². The first-order chi connectivity index (χ1) is 8.04. The molecule has 1 heterocycles. The van der Waals surface area contributed by atoms with E-state index in [1.54, 1.807) is 25.6 Å². The summed E-state index contributed by atoms with van der Waals surface area (Å²) in [4.78, 5) is 4.30. The highest BCUT2D eigenvalue weighted by Crippen LogP contribution is 2.40. The summed E-state index contributed by atoms with van der Waals surface area (Å²) < 4.78 is 7.98. The van der Waals surface area contributed by atoms with E-state index >= 15 is 0 Å². The molecule has 0 aliphatic rings. The van der Waals surface area contributed by atoms with Gasteiger partial charge in [0.05, 0.1) is 18.5 Å². The van der Waals surface area contributed by atoms with Gasteiger partial charge in [0.1, 0.15) is 16.0 Å². The summed E-state index contributed by atoms with van der Waals surface area (Å²) in [6.07, 6.45) is 1.70. The van der Waals surface area contributed by atoms with E-state index in [0.717, 1.165) is 15.9 Å². The third kappa shape index (κ3) is 2.30. The molecule has 0 aliphatic heterocycles. The van der Waals surface area contributed by atoms with Crippen molar-refractivity contribution in [3.05, 3.63) is 33.1 Å². The van der Waals surface area contributed by atoms with Crippen molar-refractivity contribution >= 4 is 39.1 Å². The first kappa shape index (κ1) is 12.7. The Balaban J connectivity index is 2.70. The Hall–Kier alpha value is -0.710. The zero-order valence-corrected chi connectivity index (χ0v) is 12.3. The minimum atomic E-state index is 0.465. The molecule has 0 aliphatic carbocycles. The van der Waals surface area contributed by atoms with E-state index in [2.05, 4.69) is 20.9 Å². The van der Waals surface area contributed by atoms with Crippen molar-refractivity contribution in [2.75, 3.05) is 7.11 Å². The molecule has 0 fully saturated rings. The summed E-state index contributed by atoms with van der Waals surface area (Å²) in [6.45, 7) is 0. The molecular formula is C11H9BrCl2N2O. The van der Waals surface area contributed by atoms with E-state index in [-0.39, 0.29) is 0 Å². The lowest BCUT2D eigenvalue weighted by Gasteiger charge is -2.09. The van der Waals surface area contributed by atoms with Crippen LogP contribution in [0.15, 0.2) is 23.1 Å². The first-order valence-electron chi connectivity index (χ1n) is 4.74. The van der Waals surface area contributed by atoms with Gasteiger partial charge in [-0.2, -0.15) is 0 Å². The van der Waals surface area contributed by atoms with Crippen LogP contribution in [0.25, 0.3) is 11.3 Å². The van der Waals surface area contributed by atoms with Crippen LogP contribution in [0.5, 0.6) is 5.75 Å². The van der Waals surface area contributed by atoms with Crippen molar-refractivity contribution in [1.82, 2.24) is 9.55 Å². The standard InChI is InChI=1S/C11H9BrCl2N2O/c1-16-5-15-9(11(16)12)7-3-6(13)4-8(14)10(7)17-2/h3-5H,1-2H3. The smallest absolute Gasteiger partial charge is 0.147 e. The molecule has 0 saturated heterocycles. The van der Waals surface area contributed by atoms with Crippen LogP contribution in [-0.4, -0.2) is 16.7 Å². The predicted octanol–water partition coefficient (Wildman–Crippen LogP) is 4.17. The number of benzene rings is 1. The Morgan fingerprint density at radius 2 is 2.06 bits per heavy atom. The Morgan fingerprint density at radius 3 is 2.59 bits per heavy atom. The van der Waals surface area contributed by atoms with E-state index in [4.69, 9.17) is 27.9 Å². The number of hydrogen-bond donors (Lipinski definition) is 0. The molecule has 3 nitrogen and oxygen atoms in total. The molecule has 0 radical (unpaired) electrons. The Morgan fingerprint density at radius 1 is 1.35 bits per heavy atom. The fourth-order valence-electron chi connectivity index (χ4n) is 1.54. The average Bonchev–Trinajstić information content (AvgIpc) is 2.59. The number of nitrogens with zero attached hydrogens (tertiary/aromatic N) is 2. The van der Waals surface area contributed by atoms with Gasteiger partial charge in [-0.1, -0.05) is 23.2 Å². The first-order valence-corrected chi connectivity index (χ1v) is 6.29. The number of aromatic nitrogens is 2. The summed E-state index contributed by atoms with van der Waals surface area (Å²) in [7, 11) is 3.45. The molecule has 2 aromatic rings. The topological polar surface area (TPSA) is 27.1 Å². The number of rotatable bonds is 2. The van der Waals surface area contributed by atoms with Crippen molar-refractivity contribution in [2.24, 2.45) is 7.05 Å². The predicted molar refractivity (Wildman–Crippen MR) is 72.9 cm³/mol. The lowest BCUT2D eigenvalue weighted by atomic mass is 10.1. The third-order valence-electron chi connectivity index (χ3n) is 2.33. The lowest BCUT2D eigenvalue weighted by Crippen LogP contribution is -1.91. The van der Waals surface area contributed by atoms with Crippen LogP contribution in [0.4, 0.5) is 0 Å². The number of halogens is 3. The van der Waals surface area contributed by atoms with E-state index in [1.807, 2.05) is 11.6 Å². The maximum absolute atomic E-state index is 6.08. The highest BCUT2D eigenvalue weighted by atomic mass is 79.9. The van der Waals surface area contributed by atoms with Gasteiger partial charge in [-0.15, -0.1) is 0 Å². The molecule has 6 heteroatoms. The van der Waals surface area contributed by atoms with Crippen molar-refractivity contribution < 1.29 is 4.74 Å². The normalized spacial score (nSPS) is 10.6. The molecule has 1 aromatic carbocycles. The minimum absolute atomic E-state index is 0.465. The van der Waals surface area contributed by atoms with Crippen LogP contribution < -0.4 is 4.74 Å². The number of hydrogen-bond acceptors (Lipinski definition) is 2. The Bertz CT molecular complexity index is 569. The van der Waals surface area contributed by atoms with Gasteiger partial charge in [-0.05, 0) is 28.1 Å². The van der Waals surface area contributed by atoms with Gasteiger partial charge >= 0.3 is 0 Å². The molecule has 0 N–H and O–H groups in total. The molecule has 0 unspecified atom stereocenters. The molecule has 2 rings (SSSR count). The highest BCUT2D eigenvalue weighted by molar-refractivity contribution is 9.10. The number of methoxy groups -OCH3 is 1. The zero-order chi connectivity index (χ0) is 12.6. The lowest BCUT2D eigenvalue weighted by molar-refractivity contribution is 0.416. The van der Waals surface area contributed by atoms with E-state index in [1.165, 1.54) is 0 Å². The van der Waals surface area contributed by atoms with Gasteiger partial charge in [0.25, 0.3) is 0 Å². The molecule has 17 heavy (non-hydrogen) atoms. The summed E-state index contributed by atoms with van der Waals surface area (Å²) in [5.41, 5.74) is 1.51. The quantitative estimate of drug-likeness (QED) is 0.823. The van der Waals surface area contributed by atoms with Gasteiger partial charge in [0.2, 0.25) is 0 Å². The van der Waals surface area contributed by atoms with Crippen LogP contribution in [0.1, 0.15) is 0 Å². The summed E-state index contributed by atoms with van der Waals surface area (Å²) in [5, 5.41) is 1.01. The molecule has 90 valence electrons. The highest BCUT2D eigenvalue weighted by Gasteiger charge is 2.17. The second-order valence-corrected chi connectivity index (χ2v) is 5.06. The van der Waals surface area contributed by atoms with E-state index < -0.39 is 0 Å². The minimum Gasteiger partial charge on any atom is -0.494 e. The maximum Gasteiger partial charge on any atom is 0.147 e. The summed E-state index contributed by atoms with van der Waals surface area (Å²) in [5.74, 6) is 0.565. The monoisotopic (exact) mass is 334 g/mol. The third-order valence-corrected chi connectivity index (χ3v) is 3.77. The molecule has 0 amide bonds. The second-order valence-electron chi connectivity index (χ2n) is 3.46. The molecule has 1 aromatic heterocycles. The van der Waals surface area contributed by atoms with Crippen LogP contribution in [0.3, 0.4) is 0 Å². The van der Waals surface area contributed by atoms with Crippen molar-refractivity contribution in [2.45, 2.75) is 0 Å².